The van der Waals surface area contributed by atoms with Gasteiger partial charge in [0.2, 0.25) is 0 Å². The van der Waals surface area contributed by atoms with Gasteiger partial charge in [0.1, 0.15) is 12.1 Å². The number of carbonyl (C=O) groups excluding carboxylic acids is 3. The third kappa shape index (κ3) is 3.57. The van der Waals surface area contributed by atoms with E-state index in [1.807, 2.05) is 0 Å². The highest BCUT2D eigenvalue weighted by molar-refractivity contribution is 6.40. The van der Waals surface area contributed by atoms with Crippen LogP contribution in [-0.4, -0.2) is 33.5 Å². The van der Waals surface area contributed by atoms with E-state index >= 15 is 0 Å². The van der Waals surface area contributed by atoms with Crippen LogP contribution >= 0.6 is 11.6 Å². The van der Waals surface area contributed by atoms with Gasteiger partial charge in [-0.25, -0.2) is 9.69 Å². The van der Waals surface area contributed by atoms with Crippen molar-refractivity contribution in [1.29, 1.82) is 0 Å². The molecule has 0 bridgehead atoms. The zero-order chi connectivity index (χ0) is 22.3. The molecule has 0 spiro atoms. The third-order valence-electron chi connectivity index (χ3n) is 5.01. The lowest BCUT2D eigenvalue weighted by atomic mass is 10.1. The summed E-state index contributed by atoms with van der Waals surface area (Å²) in [7, 11) is 0. The van der Waals surface area contributed by atoms with Crippen molar-refractivity contribution >= 4 is 58.1 Å². The molecule has 2 N–H and O–H groups in total. The number of carbonyl (C=O) groups is 4. The van der Waals surface area contributed by atoms with E-state index in [0.29, 0.717) is 27.1 Å². The molecule has 1 saturated heterocycles. The number of urea groups is 1. The first-order chi connectivity index (χ1) is 14.8. The molecule has 0 radical (unpaired) electrons. The number of barbiturate groups is 1. The largest absolute Gasteiger partial charge is 0.480 e. The highest BCUT2D eigenvalue weighted by Gasteiger charge is 2.37. The Morgan fingerprint density at radius 1 is 1.13 bits per heavy atom. The summed E-state index contributed by atoms with van der Waals surface area (Å²) >= 11 is 6.13. The number of para-hydroxylation sites is 1. The normalized spacial score (nSPS) is 15.6. The Labute approximate surface area is 181 Å². The van der Waals surface area contributed by atoms with Gasteiger partial charge in [0, 0.05) is 27.7 Å². The molecule has 1 aliphatic heterocycles. The molecule has 4 amide bonds. The van der Waals surface area contributed by atoms with Gasteiger partial charge in [-0.1, -0.05) is 35.9 Å². The lowest BCUT2D eigenvalue weighted by Gasteiger charge is -2.27. The van der Waals surface area contributed by atoms with Gasteiger partial charge in [-0.15, -0.1) is 0 Å². The summed E-state index contributed by atoms with van der Waals surface area (Å²) in [6.45, 7) is 1.38. The highest BCUT2D eigenvalue weighted by Crippen LogP contribution is 2.30. The average Bonchev–Trinajstić information content (AvgIpc) is 3.05. The van der Waals surface area contributed by atoms with E-state index in [1.54, 1.807) is 55.6 Å². The molecule has 1 aliphatic rings. The first kappa shape index (κ1) is 20.4. The number of imide groups is 2. The van der Waals surface area contributed by atoms with Crippen molar-refractivity contribution in [3.8, 4) is 0 Å². The van der Waals surface area contributed by atoms with Gasteiger partial charge in [0.05, 0.1) is 5.69 Å². The van der Waals surface area contributed by atoms with Crippen molar-refractivity contribution in [2.24, 2.45) is 0 Å². The molecule has 4 rings (SSSR count). The zero-order valence-corrected chi connectivity index (χ0v) is 17.0. The van der Waals surface area contributed by atoms with Gasteiger partial charge in [-0.2, -0.15) is 0 Å². The summed E-state index contributed by atoms with van der Waals surface area (Å²) < 4.78 is 1.51. The number of carboxylic acid groups (broad SMARTS) is 1. The number of nitrogens with one attached hydrogen (secondary N) is 1. The number of benzene rings is 2. The molecular formula is C22H16ClN3O5. The number of rotatable bonds is 4. The minimum atomic E-state index is -1.03. The molecule has 2 heterocycles. The van der Waals surface area contributed by atoms with Gasteiger partial charge >= 0.3 is 12.0 Å². The second kappa shape index (κ2) is 7.73. The molecule has 3 aromatic rings. The Hall–Kier alpha value is -3.91. The van der Waals surface area contributed by atoms with Gasteiger partial charge in [0.15, 0.2) is 0 Å². The van der Waals surface area contributed by atoms with E-state index in [0.717, 1.165) is 4.90 Å². The SMILES string of the molecule is Cc1c(Cl)cccc1N1C(=O)NC(=O)/C(=C\c2cn(CC(=O)O)c3ccccc23)C1=O. The van der Waals surface area contributed by atoms with Crippen LogP contribution in [-0.2, 0) is 20.9 Å². The van der Waals surface area contributed by atoms with Gasteiger partial charge in [0.25, 0.3) is 11.8 Å². The molecule has 9 heteroatoms. The fourth-order valence-electron chi connectivity index (χ4n) is 3.54. The third-order valence-corrected chi connectivity index (χ3v) is 5.42. The molecule has 1 fully saturated rings. The lowest BCUT2D eigenvalue weighted by Crippen LogP contribution is -2.54. The maximum atomic E-state index is 13.2. The number of carboxylic acids is 1. The number of aromatic nitrogens is 1. The lowest BCUT2D eigenvalue weighted by molar-refractivity contribution is -0.137. The minimum absolute atomic E-state index is 0.253. The smallest absolute Gasteiger partial charge is 0.335 e. The zero-order valence-electron chi connectivity index (χ0n) is 16.3. The van der Waals surface area contributed by atoms with Crippen LogP contribution in [0.15, 0.2) is 54.2 Å². The van der Waals surface area contributed by atoms with E-state index in [-0.39, 0.29) is 17.8 Å². The summed E-state index contributed by atoms with van der Waals surface area (Å²) in [6.07, 6.45) is 2.91. The second-order valence-corrected chi connectivity index (χ2v) is 7.37. The monoisotopic (exact) mass is 437 g/mol. The van der Waals surface area contributed by atoms with Crippen molar-refractivity contribution in [3.63, 3.8) is 0 Å². The number of hydrogen-bond donors (Lipinski definition) is 2. The fourth-order valence-corrected chi connectivity index (χ4v) is 3.71. The number of aliphatic carboxylic acids is 1. The molecule has 0 aliphatic carbocycles. The topological polar surface area (TPSA) is 109 Å². The number of anilines is 1. The molecule has 1 aromatic heterocycles. The van der Waals surface area contributed by atoms with Crippen molar-refractivity contribution in [3.05, 3.63) is 70.4 Å². The first-order valence-corrected chi connectivity index (χ1v) is 9.62. The van der Waals surface area contributed by atoms with Crippen molar-refractivity contribution in [2.45, 2.75) is 13.5 Å². The molecule has 8 nitrogen and oxygen atoms in total. The number of hydrogen-bond acceptors (Lipinski definition) is 4. The van der Waals surface area contributed by atoms with Crippen LogP contribution in [0.3, 0.4) is 0 Å². The summed E-state index contributed by atoms with van der Waals surface area (Å²) in [4.78, 5) is 50.2. The standard InChI is InChI=1S/C22H16ClN3O5/c1-12-16(23)6-4-8-17(12)26-21(30)15(20(29)24-22(26)31)9-13-10-25(11-19(27)28)18-7-3-2-5-14(13)18/h2-10H,11H2,1H3,(H,27,28)(H,24,29,31)/b15-9+. The van der Waals surface area contributed by atoms with E-state index in [9.17, 15) is 24.3 Å². The van der Waals surface area contributed by atoms with Gasteiger partial charge < -0.3 is 9.67 Å². The highest BCUT2D eigenvalue weighted by atomic mass is 35.5. The Bertz CT molecular complexity index is 1310. The summed E-state index contributed by atoms with van der Waals surface area (Å²) in [5.74, 6) is -2.66. The number of halogens is 1. The second-order valence-electron chi connectivity index (χ2n) is 6.97. The summed E-state index contributed by atoms with van der Waals surface area (Å²) in [5.41, 5.74) is 1.64. The van der Waals surface area contributed by atoms with Crippen LogP contribution < -0.4 is 10.2 Å². The van der Waals surface area contributed by atoms with Gasteiger partial charge in [-0.3, -0.25) is 19.7 Å². The molecule has 31 heavy (non-hydrogen) atoms. The van der Waals surface area contributed by atoms with Crippen LogP contribution in [0.1, 0.15) is 11.1 Å². The fraction of sp³-hybridized carbons (Fsp3) is 0.0909. The maximum absolute atomic E-state index is 13.2. The van der Waals surface area contributed by atoms with Crippen molar-refractivity contribution in [1.82, 2.24) is 9.88 Å². The quantitative estimate of drug-likeness (QED) is 0.480. The van der Waals surface area contributed by atoms with E-state index in [4.69, 9.17) is 11.6 Å². The molecule has 156 valence electrons. The maximum Gasteiger partial charge on any atom is 0.335 e. The number of amides is 4. The molecular weight excluding hydrogens is 422 g/mol. The van der Waals surface area contributed by atoms with Crippen molar-refractivity contribution in [2.75, 3.05) is 4.90 Å². The van der Waals surface area contributed by atoms with Gasteiger partial charge in [-0.05, 0) is 36.8 Å². The first-order valence-electron chi connectivity index (χ1n) is 9.24. The van der Waals surface area contributed by atoms with E-state index in [1.165, 1.54) is 10.6 Å². The number of nitrogens with zero attached hydrogens (tertiary/aromatic N) is 2. The Morgan fingerprint density at radius 2 is 1.87 bits per heavy atom. The van der Waals surface area contributed by atoms with Crippen LogP contribution in [0.2, 0.25) is 5.02 Å². The molecule has 0 unspecified atom stereocenters. The molecule has 0 saturated carbocycles. The van der Waals surface area contributed by atoms with Crippen molar-refractivity contribution < 1.29 is 24.3 Å². The summed E-state index contributed by atoms with van der Waals surface area (Å²) in [6, 6.07) is 11.0. The predicted molar refractivity (Wildman–Crippen MR) is 115 cm³/mol. The molecule has 0 atom stereocenters. The Balaban J connectivity index is 1.83. The van der Waals surface area contributed by atoms with E-state index < -0.39 is 23.8 Å². The molecule has 2 aromatic carbocycles. The van der Waals surface area contributed by atoms with Crippen LogP contribution in [0.4, 0.5) is 10.5 Å². The minimum Gasteiger partial charge on any atom is -0.480 e. The summed E-state index contributed by atoms with van der Waals surface area (Å²) in [5, 5.41) is 12.4. The van der Waals surface area contributed by atoms with Crippen LogP contribution in [0.25, 0.3) is 17.0 Å². The van der Waals surface area contributed by atoms with Crippen LogP contribution in [0, 0.1) is 6.92 Å². The average molecular weight is 438 g/mol. The van der Waals surface area contributed by atoms with E-state index in [2.05, 4.69) is 5.32 Å². The predicted octanol–water partition coefficient (Wildman–Crippen LogP) is 3.35. The Kier molecular flexibility index (Phi) is 5.08. The Morgan fingerprint density at radius 3 is 2.61 bits per heavy atom. The van der Waals surface area contributed by atoms with Crippen LogP contribution in [0.5, 0.6) is 0 Å². The number of fused-ring (bicyclic) bond motifs is 1.